The van der Waals surface area contributed by atoms with Gasteiger partial charge in [-0.15, -0.1) is 0 Å². The quantitative estimate of drug-likeness (QED) is 0.390. The van der Waals surface area contributed by atoms with Gasteiger partial charge in [-0.1, -0.05) is 25.4 Å². The molecule has 1 unspecified atom stereocenters. The Morgan fingerprint density at radius 2 is 2.33 bits per heavy atom. The standard InChI is InChI=1S/C7H13N3O2/c1-3-5(2)4-6(7(11)12)9-10-8/h5-6H,3-4H2,1-2H3,(H,11,12)/t5-,6?/m0/s1. The van der Waals surface area contributed by atoms with Crippen molar-refractivity contribution >= 4 is 5.97 Å². The summed E-state index contributed by atoms with van der Waals surface area (Å²) >= 11 is 0. The molecular formula is C7H13N3O2. The second kappa shape index (κ2) is 5.43. The number of carbonyl (C=O) groups is 1. The highest BCUT2D eigenvalue weighted by molar-refractivity contribution is 5.73. The lowest BCUT2D eigenvalue weighted by atomic mass is 10.0. The van der Waals surface area contributed by atoms with Crippen molar-refractivity contribution in [3.05, 3.63) is 10.4 Å². The van der Waals surface area contributed by atoms with Crippen LogP contribution in [0.2, 0.25) is 0 Å². The molecule has 12 heavy (non-hydrogen) atoms. The van der Waals surface area contributed by atoms with Crippen LogP contribution in [0.25, 0.3) is 10.4 Å². The Labute approximate surface area is 71.0 Å². The molecule has 0 aromatic heterocycles. The van der Waals surface area contributed by atoms with Crippen LogP contribution in [0, 0.1) is 5.92 Å². The summed E-state index contributed by atoms with van der Waals surface area (Å²) in [7, 11) is 0. The Hall–Kier alpha value is -1.22. The molecule has 0 saturated carbocycles. The van der Waals surface area contributed by atoms with Gasteiger partial charge in [-0.05, 0) is 17.9 Å². The zero-order valence-electron chi connectivity index (χ0n) is 7.27. The first-order valence-electron chi connectivity index (χ1n) is 3.88. The summed E-state index contributed by atoms with van der Waals surface area (Å²) in [6.07, 6.45) is 1.31. The highest BCUT2D eigenvalue weighted by Crippen LogP contribution is 2.12. The van der Waals surface area contributed by atoms with E-state index in [9.17, 15) is 4.79 Å². The second-order valence-corrected chi connectivity index (χ2v) is 2.81. The van der Waals surface area contributed by atoms with Gasteiger partial charge in [0.25, 0.3) is 0 Å². The molecular weight excluding hydrogens is 158 g/mol. The van der Waals surface area contributed by atoms with Gasteiger partial charge in [0.15, 0.2) is 0 Å². The Bertz CT molecular complexity index is 197. The van der Waals surface area contributed by atoms with Crippen molar-refractivity contribution in [1.29, 1.82) is 0 Å². The lowest BCUT2D eigenvalue weighted by Crippen LogP contribution is -2.19. The topological polar surface area (TPSA) is 86.1 Å². The van der Waals surface area contributed by atoms with Crippen molar-refractivity contribution in [2.45, 2.75) is 32.7 Å². The third-order valence-electron chi connectivity index (χ3n) is 1.80. The van der Waals surface area contributed by atoms with Gasteiger partial charge >= 0.3 is 5.97 Å². The summed E-state index contributed by atoms with van der Waals surface area (Å²) in [5.74, 6) is -0.773. The van der Waals surface area contributed by atoms with Crippen molar-refractivity contribution in [3.8, 4) is 0 Å². The molecule has 0 aliphatic rings. The summed E-state index contributed by atoms with van der Waals surface area (Å²) in [4.78, 5) is 13.0. The van der Waals surface area contributed by atoms with Crippen LogP contribution >= 0.6 is 0 Å². The second-order valence-electron chi connectivity index (χ2n) is 2.81. The monoisotopic (exact) mass is 171 g/mol. The maximum Gasteiger partial charge on any atom is 0.312 e. The maximum atomic E-state index is 10.5. The molecule has 2 atom stereocenters. The van der Waals surface area contributed by atoms with Gasteiger partial charge in [0, 0.05) is 4.91 Å². The molecule has 0 amide bonds. The number of hydrogen-bond donors (Lipinski definition) is 1. The minimum absolute atomic E-state index is 0.275. The molecule has 0 bridgehead atoms. The van der Waals surface area contributed by atoms with E-state index in [-0.39, 0.29) is 5.92 Å². The van der Waals surface area contributed by atoms with Gasteiger partial charge in [-0.3, -0.25) is 4.79 Å². The molecule has 0 saturated heterocycles. The molecule has 0 aliphatic heterocycles. The van der Waals surface area contributed by atoms with Crippen LogP contribution in [-0.2, 0) is 4.79 Å². The molecule has 0 rings (SSSR count). The van der Waals surface area contributed by atoms with Crippen LogP contribution < -0.4 is 0 Å². The molecule has 0 spiro atoms. The van der Waals surface area contributed by atoms with Gasteiger partial charge in [-0.25, -0.2) is 0 Å². The lowest BCUT2D eigenvalue weighted by Gasteiger charge is -2.10. The lowest BCUT2D eigenvalue weighted by molar-refractivity contribution is -0.138. The number of nitrogens with zero attached hydrogens (tertiary/aromatic N) is 3. The van der Waals surface area contributed by atoms with Crippen LogP contribution in [-0.4, -0.2) is 17.1 Å². The van der Waals surface area contributed by atoms with Crippen LogP contribution in [0.3, 0.4) is 0 Å². The van der Waals surface area contributed by atoms with Crippen LogP contribution in [0.5, 0.6) is 0 Å². The number of hydrogen-bond acceptors (Lipinski definition) is 2. The van der Waals surface area contributed by atoms with E-state index >= 15 is 0 Å². The minimum atomic E-state index is -1.05. The average molecular weight is 171 g/mol. The smallest absolute Gasteiger partial charge is 0.312 e. The van der Waals surface area contributed by atoms with E-state index in [2.05, 4.69) is 10.0 Å². The van der Waals surface area contributed by atoms with Gasteiger partial charge in [0.1, 0.15) is 6.04 Å². The van der Waals surface area contributed by atoms with E-state index in [1.54, 1.807) is 0 Å². The Kier molecular flexibility index (Phi) is 4.88. The fourth-order valence-corrected chi connectivity index (χ4v) is 0.807. The zero-order valence-corrected chi connectivity index (χ0v) is 7.27. The van der Waals surface area contributed by atoms with E-state index in [4.69, 9.17) is 10.6 Å². The third kappa shape index (κ3) is 3.83. The third-order valence-corrected chi connectivity index (χ3v) is 1.80. The van der Waals surface area contributed by atoms with Crippen molar-refractivity contribution in [3.63, 3.8) is 0 Å². The molecule has 0 radical (unpaired) electrons. The molecule has 0 heterocycles. The number of aliphatic carboxylic acids is 1. The van der Waals surface area contributed by atoms with Crippen LogP contribution in [0.4, 0.5) is 0 Å². The molecule has 0 fully saturated rings. The van der Waals surface area contributed by atoms with E-state index in [0.29, 0.717) is 6.42 Å². The van der Waals surface area contributed by atoms with Gasteiger partial charge in [0.05, 0.1) is 0 Å². The fraction of sp³-hybridized carbons (Fsp3) is 0.857. The number of azide groups is 1. The molecule has 68 valence electrons. The summed E-state index contributed by atoms with van der Waals surface area (Å²) in [5, 5.41) is 11.8. The number of carboxylic acids is 1. The fourth-order valence-electron chi connectivity index (χ4n) is 0.807. The van der Waals surface area contributed by atoms with E-state index in [1.165, 1.54) is 0 Å². The van der Waals surface area contributed by atoms with Crippen molar-refractivity contribution in [1.82, 2.24) is 0 Å². The normalized spacial score (nSPS) is 14.5. The minimum Gasteiger partial charge on any atom is -0.481 e. The van der Waals surface area contributed by atoms with E-state index in [1.807, 2.05) is 13.8 Å². The molecule has 5 heteroatoms. The molecule has 5 nitrogen and oxygen atoms in total. The van der Waals surface area contributed by atoms with E-state index in [0.717, 1.165) is 6.42 Å². The predicted octanol–water partition coefficient (Wildman–Crippen LogP) is 2.19. The van der Waals surface area contributed by atoms with Crippen molar-refractivity contribution < 1.29 is 9.90 Å². The zero-order chi connectivity index (χ0) is 9.56. The Morgan fingerprint density at radius 3 is 2.67 bits per heavy atom. The van der Waals surface area contributed by atoms with E-state index < -0.39 is 12.0 Å². The van der Waals surface area contributed by atoms with Gasteiger partial charge in [-0.2, -0.15) is 0 Å². The highest BCUT2D eigenvalue weighted by atomic mass is 16.4. The first-order valence-corrected chi connectivity index (χ1v) is 3.88. The summed E-state index contributed by atoms with van der Waals surface area (Å²) < 4.78 is 0. The Morgan fingerprint density at radius 1 is 1.75 bits per heavy atom. The highest BCUT2D eigenvalue weighted by Gasteiger charge is 2.17. The molecule has 1 N–H and O–H groups in total. The van der Waals surface area contributed by atoms with Crippen molar-refractivity contribution in [2.75, 3.05) is 0 Å². The number of carboxylic acid groups (broad SMARTS) is 1. The van der Waals surface area contributed by atoms with Crippen LogP contribution in [0.15, 0.2) is 5.11 Å². The molecule has 0 aromatic carbocycles. The molecule has 0 aliphatic carbocycles. The van der Waals surface area contributed by atoms with Gasteiger partial charge < -0.3 is 5.11 Å². The average Bonchev–Trinajstić information content (AvgIpc) is 2.03. The summed E-state index contributed by atoms with van der Waals surface area (Å²) in [6.45, 7) is 3.91. The SMILES string of the molecule is CC[C@H](C)CC(N=[N+]=[N-])C(=O)O. The van der Waals surface area contributed by atoms with Crippen LogP contribution in [0.1, 0.15) is 26.7 Å². The molecule has 0 aromatic rings. The Balaban J connectivity index is 4.13. The summed E-state index contributed by atoms with van der Waals surface area (Å²) in [5.41, 5.74) is 8.07. The predicted molar refractivity (Wildman–Crippen MR) is 44.6 cm³/mol. The van der Waals surface area contributed by atoms with Gasteiger partial charge in [0.2, 0.25) is 0 Å². The van der Waals surface area contributed by atoms with Crippen molar-refractivity contribution in [2.24, 2.45) is 11.0 Å². The number of rotatable bonds is 5. The summed E-state index contributed by atoms with van der Waals surface area (Å²) in [6, 6.07) is -0.912. The maximum absolute atomic E-state index is 10.5. The largest absolute Gasteiger partial charge is 0.481 e. The first kappa shape index (κ1) is 10.8. The first-order chi connectivity index (χ1) is 5.61.